The van der Waals surface area contributed by atoms with Crippen molar-refractivity contribution in [1.82, 2.24) is 0 Å². The standard InChI is InChI=1S/C12H18ClNS/c1-10(14)6-4-5-9-15-12-8-3-2-7-11(12)13/h2-3,7-8,10H,4-6,9,14H2,1H3. The average molecular weight is 244 g/mol. The molecule has 1 nitrogen and oxygen atoms in total. The molecule has 1 rings (SSSR count). The lowest BCUT2D eigenvalue weighted by Gasteiger charge is -2.05. The average Bonchev–Trinajstić information content (AvgIpc) is 2.20. The molecule has 0 amide bonds. The number of hydrogen-bond acceptors (Lipinski definition) is 2. The Balaban J connectivity index is 2.18. The first kappa shape index (κ1) is 12.9. The minimum absolute atomic E-state index is 0.329. The van der Waals surface area contributed by atoms with Crippen molar-refractivity contribution in [1.29, 1.82) is 0 Å². The molecule has 1 aromatic carbocycles. The smallest absolute Gasteiger partial charge is 0.0541 e. The Morgan fingerprint density at radius 3 is 2.73 bits per heavy atom. The third-order valence-corrected chi connectivity index (χ3v) is 3.75. The molecule has 0 spiro atoms. The number of halogens is 1. The highest BCUT2D eigenvalue weighted by Crippen LogP contribution is 2.27. The molecular weight excluding hydrogens is 226 g/mol. The SMILES string of the molecule is CC(N)CCCCSc1ccccc1Cl. The molecule has 3 heteroatoms. The minimum atomic E-state index is 0.329. The van der Waals surface area contributed by atoms with E-state index >= 15 is 0 Å². The number of unbranched alkanes of at least 4 members (excludes halogenated alkanes) is 1. The molecule has 0 saturated heterocycles. The van der Waals surface area contributed by atoms with Gasteiger partial charge in [-0.05, 0) is 37.7 Å². The molecule has 2 N–H and O–H groups in total. The molecule has 1 atom stereocenters. The number of rotatable bonds is 6. The van der Waals surface area contributed by atoms with Crippen LogP contribution in [0.4, 0.5) is 0 Å². The summed E-state index contributed by atoms with van der Waals surface area (Å²) >= 11 is 7.87. The molecule has 0 heterocycles. The zero-order chi connectivity index (χ0) is 11.1. The number of benzene rings is 1. The molecule has 1 unspecified atom stereocenters. The molecule has 0 saturated carbocycles. The molecule has 0 radical (unpaired) electrons. The predicted octanol–water partition coefficient (Wildman–Crippen LogP) is 3.95. The van der Waals surface area contributed by atoms with Crippen LogP contribution < -0.4 is 5.73 Å². The Hall–Kier alpha value is -0.180. The molecule has 0 aliphatic heterocycles. The van der Waals surface area contributed by atoms with Crippen LogP contribution in [0.5, 0.6) is 0 Å². The van der Waals surface area contributed by atoms with Crippen molar-refractivity contribution in [2.24, 2.45) is 5.73 Å². The monoisotopic (exact) mass is 243 g/mol. The normalized spacial score (nSPS) is 12.7. The maximum atomic E-state index is 6.05. The highest BCUT2D eigenvalue weighted by molar-refractivity contribution is 7.99. The van der Waals surface area contributed by atoms with Crippen LogP contribution >= 0.6 is 23.4 Å². The van der Waals surface area contributed by atoms with Crippen molar-refractivity contribution >= 4 is 23.4 Å². The molecule has 0 aromatic heterocycles. The van der Waals surface area contributed by atoms with Gasteiger partial charge in [0.05, 0.1) is 5.02 Å². The van der Waals surface area contributed by atoms with Gasteiger partial charge in [-0.25, -0.2) is 0 Å². The summed E-state index contributed by atoms with van der Waals surface area (Å²) < 4.78 is 0. The second-order valence-corrected chi connectivity index (χ2v) is 5.30. The van der Waals surface area contributed by atoms with Crippen molar-refractivity contribution in [3.05, 3.63) is 29.3 Å². The molecule has 1 aromatic rings. The van der Waals surface area contributed by atoms with E-state index in [1.165, 1.54) is 17.7 Å². The first-order valence-corrected chi connectivity index (χ1v) is 6.69. The van der Waals surface area contributed by atoms with E-state index in [0.717, 1.165) is 17.2 Å². The van der Waals surface area contributed by atoms with E-state index in [-0.39, 0.29) is 0 Å². The summed E-state index contributed by atoms with van der Waals surface area (Å²) in [4.78, 5) is 1.18. The third kappa shape index (κ3) is 5.45. The molecule has 84 valence electrons. The van der Waals surface area contributed by atoms with Gasteiger partial charge in [0.1, 0.15) is 0 Å². The summed E-state index contributed by atoms with van der Waals surface area (Å²) in [6, 6.07) is 8.32. The second kappa shape index (κ2) is 7.15. The van der Waals surface area contributed by atoms with E-state index in [1.54, 1.807) is 0 Å². The van der Waals surface area contributed by atoms with Gasteiger partial charge < -0.3 is 5.73 Å². The summed E-state index contributed by atoms with van der Waals surface area (Å²) in [5, 5.41) is 0.856. The number of nitrogens with two attached hydrogens (primary N) is 1. The van der Waals surface area contributed by atoms with E-state index < -0.39 is 0 Å². The summed E-state index contributed by atoms with van der Waals surface area (Å²) in [7, 11) is 0. The fraction of sp³-hybridized carbons (Fsp3) is 0.500. The lowest BCUT2D eigenvalue weighted by molar-refractivity contribution is 0.618. The van der Waals surface area contributed by atoms with Gasteiger partial charge in [0, 0.05) is 10.9 Å². The van der Waals surface area contributed by atoms with E-state index in [1.807, 2.05) is 30.0 Å². The summed E-state index contributed by atoms with van der Waals surface area (Å²) in [5.41, 5.74) is 5.68. The van der Waals surface area contributed by atoms with Crippen molar-refractivity contribution in [3.8, 4) is 0 Å². The third-order valence-electron chi connectivity index (χ3n) is 2.15. The molecular formula is C12H18ClNS. The van der Waals surface area contributed by atoms with Crippen LogP contribution in [-0.2, 0) is 0 Å². The van der Waals surface area contributed by atoms with Crippen LogP contribution in [0, 0.1) is 0 Å². The number of hydrogen-bond donors (Lipinski definition) is 1. The second-order valence-electron chi connectivity index (χ2n) is 3.75. The van der Waals surface area contributed by atoms with Crippen molar-refractivity contribution < 1.29 is 0 Å². The van der Waals surface area contributed by atoms with Gasteiger partial charge in [-0.15, -0.1) is 11.8 Å². The summed E-state index contributed by atoms with van der Waals surface area (Å²) in [6.07, 6.45) is 3.52. The van der Waals surface area contributed by atoms with Gasteiger partial charge in [-0.3, -0.25) is 0 Å². The number of thioether (sulfide) groups is 1. The fourth-order valence-corrected chi connectivity index (χ4v) is 2.56. The Morgan fingerprint density at radius 1 is 1.33 bits per heavy atom. The Bertz CT molecular complexity index is 289. The van der Waals surface area contributed by atoms with Crippen LogP contribution in [0.3, 0.4) is 0 Å². The van der Waals surface area contributed by atoms with Crippen LogP contribution in [0.25, 0.3) is 0 Å². The van der Waals surface area contributed by atoms with E-state index in [4.69, 9.17) is 17.3 Å². The molecule has 0 aliphatic rings. The highest BCUT2D eigenvalue weighted by atomic mass is 35.5. The van der Waals surface area contributed by atoms with Crippen LogP contribution in [0.15, 0.2) is 29.2 Å². The van der Waals surface area contributed by atoms with Crippen molar-refractivity contribution in [2.45, 2.75) is 37.1 Å². The highest BCUT2D eigenvalue weighted by Gasteiger charge is 1.99. The Kier molecular flexibility index (Phi) is 6.15. The van der Waals surface area contributed by atoms with Gasteiger partial charge in [0.25, 0.3) is 0 Å². The first-order chi connectivity index (χ1) is 7.20. The molecule has 15 heavy (non-hydrogen) atoms. The molecule has 0 fully saturated rings. The Morgan fingerprint density at radius 2 is 2.07 bits per heavy atom. The van der Waals surface area contributed by atoms with E-state index in [9.17, 15) is 0 Å². The maximum absolute atomic E-state index is 6.05. The lowest BCUT2D eigenvalue weighted by Crippen LogP contribution is -2.13. The van der Waals surface area contributed by atoms with Crippen LogP contribution in [-0.4, -0.2) is 11.8 Å². The van der Waals surface area contributed by atoms with Crippen molar-refractivity contribution in [3.63, 3.8) is 0 Å². The summed E-state index contributed by atoms with van der Waals surface area (Å²) in [5.74, 6) is 1.12. The molecule has 0 bridgehead atoms. The Labute approximate surface area is 101 Å². The van der Waals surface area contributed by atoms with Gasteiger partial charge in [0.15, 0.2) is 0 Å². The van der Waals surface area contributed by atoms with Gasteiger partial charge in [-0.1, -0.05) is 30.2 Å². The van der Waals surface area contributed by atoms with Gasteiger partial charge in [0.2, 0.25) is 0 Å². The first-order valence-electron chi connectivity index (χ1n) is 5.33. The van der Waals surface area contributed by atoms with Gasteiger partial charge >= 0.3 is 0 Å². The summed E-state index contributed by atoms with van der Waals surface area (Å²) in [6.45, 7) is 2.06. The predicted molar refractivity (Wildman–Crippen MR) is 69.7 cm³/mol. The fourth-order valence-electron chi connectivity index (χ4n) is 1.31. The van der Waals surface area contributed by atoms with E-state index in [2.05, 4.69) is 13.0 Å². The quantitative estimate of drug-likeness (QED) is 0.605. The zero-order valence-corrected chi connectivity index (χ0v) is 10.7. The van der Waals surface area contributed by atoms with Gasteiger partial charge in [-0.2, -0.15) is 0 Å². The van der Waals surface area contributed by atoms with Crippen molar-refractivity contribution in [2.75, 3.05) is 5.75 Å². The van der Waals surface area contributed by atoms with E-state index in [0.29, 0.717) is 6.04 Å². The van der Waals surface area contributed by atoms with Crippen LogP contribution in [0.2, 0.25) is 5.02 Å². The minimum Gasteiger partial charge on any atom is -0.328 e. The zero-order valence-electron chi connectivity index (χ0n) is 9.08. The maximum Gasteiger partial charge on any atom is 0.0541 e. The van der Waals surface area contributed by atoms with Crippen LogP contribution in [0.1, 0.15) is 26.2 Å². The molecule has 0 aliphatic carbocycles. The topological polar surface area (TPSA) is 26.0 Å². The lowest BCUT2D eigenvalue weighted by atomic mass is 10.2. The largest absolute Gasteiger partial charge is 0.328 e.